The monoisotopic (exact) mass is 451 g/mol. The molecule has 168 valence electrons. The van der Waals surface area contributed by atoms with E-state index in [4.69, 9.17) is 0 Å². The predicted octanol–water partition coefficient (Wildman–Crippen LogP) is 3.89. The number of nitrogens with one attached hydrogen (secondary N) is 1. The van der Waals surface area contributed by atoms with E-state index in [1.807, 2.05) is 36.8 Å². The molecule has 8 heteroatoms. The zero-order valence-electron chi connectivity index (χ0n) is 18.5. The lowest BCUT2D eigenvalue weighted by molar-refractivity contribution is 0.477. The summed E-state index contributed by atoms with van der Waals surface area (Å²) in [5.41, 5.74) is 3.29. The molecule has 1 saturated heterocycles. The molecule has 1 unspecified atom stereocenters. The van der Waals surface area contributed by atoms with E-state index in [0.29, 0.717) is 23.9 Å². The van der Waals surface area contributed by atoms with E-state index in [9.17, 15) is 8.42 Å². The van der Waals surface area contributed by atoms with E-state index in [2.05, 4.69) is 33.7 Å². The Kier molecular flexibility index (Phi) is 5.51. The molecule has 0 bridgehead atoms. The lowest BCUT2D eigenvalue weighted by Gasteiger charge is -2.16. The second-order valence-electron chi connectivity index (χ2n) is 8.96. The second-order valence-corrected chi connectivity index (χ2v) is 10.9. The predicted molar refractivity (Wildman–Crippen MR) is 125 cm³/mol. The molecule has 0 radical (unpaired) electrons. The van der Waals surface area contributed by atoms with Crippen LogP contribution in [0.4, 0.5) is 5.82 Å². The minimum absolute atomic E-state index is 0.236. The maximum atomic E-state index is 12.8. The lowest BCUT2D eigenvalue weighted by Crippen LogP contribution is -2.27. The molecule has 0 amide bonds. The maximum Gasteiger partial charge on any atom is 0.243 e. The first kappa shape index (κ1) is 21.2. The number of imidazole rings is 1. The summed E-state index contributed by atoms with van der Waals surface area (Å²) in [6.07, 6.45) is 8.45. The van der Waals surface area contributed by atoms with Crippen LogP contribution in [0.5, 0.6) is 0 Å². The molecule has 0 saturated carbocycles. The topological polar surface area (TPSA) is 80.1 Å². The van der Waals surface area contributed by atoms with Gasteiger partial charge >= 0.3 is 0 Å². The fraction of sp³-hybridized carbons (Fsp3) is 0.417. The Morgan fingerprint density at radius 2 is 1.81 bits per heavy atom. The Balaban J connectivity index is 1.37. The normalized spacial score (nSPS) is 18.8. The molecular formula is C24H29N5O2S. The third kappa shape index (κ3) is 3.82. The fourth-order valence-corrected chi connectivity index (χ4v) is 6.31. The highest BCUT2D eigenvalue weighted by Crippen LogP contribution is 2.34. The van der Waals surface area contributed by atoms with Crippen LogP contribution in [0.1, 0.15) is 44.0 Å². The fourth-order valence-electron chi connectivity index (χ4n) is 4.79. The van der Waals surface area contributed by atoms with E-state index < -0.39 is 10.0 Å². The molecular weight excluding hydrogens is 422 g/mol. The molecule has 32 heavy (non-hydrogen) atoms. The summed E-state index contributed by atoms with van der Waals surface area (Å²) in [4.78, 5) is 9.42. The summed E-state index contributed by atoms with van der Waals surface area (Å²) < 4.78 is 29.5. The van der Waals surface area contributed by atoms with Crippen molar-refractivity contribution in [2.45, 2.75) is 56.5 Å². The number of hydrogen-bond acceptors (Lipinski definition) is 5. The van der Waals surface area contributed by atoms with Crippen molar-refractivity contribution in [3.8, 4) is 11.1 Å². The van der Waals surface area contributed by atoms with Crippen molar-refractivity contribution in [2.24, 2.45) is 0 Å². The van der Waals surface area contributed by atoms with Crippen molar-refractivity contribution in [2.75, 3.05) is 18.4 Å². The smallest absolute Gasteiger partial charge is 0.243 e. The van der Waals surface area contributed by atoms with Crippen LogP contribution in [0.2, 0.25) is 0 Å². The van der Waals surface area contributed by atoms with Gasteiger partial charge in [-0.05, 0) is 48.6 Å². The van der Waals surface area contributed by atoms with E-state index in [-0.39, 0.29) is 6.04 Å². The summed E-state index contributed by atoms with van der Waals surface area (Å²) in [6.45, 7) is 6.37. The largest absolute Gasteiger partial charge is 0.365 e. The molecule has 3 aromatic rings. The average Bonchev–Trinajstić information content (AvgIpc) is 3.54. The molecule has 2 aromatic heterocycles. The van der Waals surface area contributed by atoms with Gasteiger partial charge in [-0.3, -0.25) is 0 Å². The van der Waals surface area contributed by atoms with Crippen LogP contribution in [-0.4, -0.2) is 46.4 Å². The van der Waals surface area contributed by atoms with Gasteiger partial charge in [-0.15, -0.1) is 0 Å². The Hall–Kier alpha value is -2.71. The Morgan fingerprint density at radius 3 is 2.53 bits per heavy atom. The summed E-state index contributed by atoms with van der Waals surface area (Å²) >= 11 is 0. The van der Waals surface area contributed by atoms with Gasteiger partial charge in [0, 0.05) is 55.7 Å². The first-order valence-corrected chi connectivity index (χ1v) is 12.7. The molecule has 1 N–H and O–H groups in total. The van der Waals surface area contributed by atoms with Crippen LogP contribution in [-0.2, 0) is 23.0 Å². The number of sulfonamides is 1. The molecule has 2 aliphatic heterocycles. The summed E-state index contributed by atoms with van der Waals surface area (Å²) in [6, 6.07) is 9.55. The molecule has 0 aliphatic carbocycles. The first-order valence-electron chi connectivity index (χ1n) is 11.3. The standard InChI is InChI=1S/C24H29N5O2S/c1-17(2)24-26-11-14-28(24)16-19-15-22-21(9-10-25-23(22)27-19)18-5-7-20(8-6-18)32(30,31)29-12-3-4-13-29/h5-11,14,17,19H,3-4,12-13,15-16H2,1-2H3,(H,25,27). The minimum Gasteiger partial charge on any atom is -0.365 e. The maximum absolute atomic E-state index is 12.8. The first-order chi connectivity index (χ1) is 15.4. The van der Waals surface area contributed by atoms with E-state index in [1.165, 1.54) is 5.56 Å². The molecule has 5 rings (SSSR count). The number of anilines is 1. The molecule has 1 aromatic carbocycles. The van der Waals surface area contributed by atoms with E-state index in [0.717, 1.165) is 48.6 Å². The number of benzene rings is 1. The zero-order chi connectivity index (χ0) is 22.3. The third-order valence-electron chi connectivity index (χ3n) is 6.40. The van der Waals surface area contributed by atoms with Gasteiger partial charge in [0.25, 0.3) is 0 Å². The van der Waals surface area contributed by atoms with Crippen LogP contribution in [0, 0.1) is 0 Å². The van der Waals surface area contributed by atoms with Crippen LogP contribution in [0.15, 0.2) is 53.8 Å². The number of nitrogens with zero attached hydrogens (tertiary/aromatic N) is 4. The molecule has 1 fully saturated rings. The summed E-state index contributed by atoms with van der Waals surface area (Å²) in [7, 11) is -3.40. The van der Waals surface area contributed by atoms with Gasteiger partial charge in [0.15, 0.2) is 0 Å². The Bertz CT molecular complexity index is 1210. The van der Waals surface area contributed by atoms with Gasteiger partial charge in [0.1, 0.15) is 11.6 Å². The Labute approximate surface area is 189 Å². The van der Waals surface area contributed by atoms with Gasteiger partial charge in [0.2, 0.25) is 10.0 Å². The van der Waals surface area contributed by atoms with Gasteiger partial charge in [0.05, 0.1) is 4.90 Å². The molecule has 7 nitrogen and oxygen atoms in total. The highest BCUT2D eigenvalue weighted by atomic mass is 32.2. The highest BCUT2D eigenvalue weighted by molar-refractivity contribution is 7.89. The Morgan fingerprint density at radius 1 is 1.06 bits per heavy atom. The van der Waals surface area contributed by atoms with Gasteiger partial charge < -0.3 is 9.88 Å². The summed E-state index contributed by atoms with van der Waals surface area (Å²) in [5.74, 6) is 2.37. The zero-order valence-corrected chi connectivity index (χ0v) is 19.3. The van der Waals surface area contributed by atoms with Crippen LogP contribution < -0.4 is 5.32 Å². The SMILES string of the molecule is CC(C)c1nccn1CC1Cc2c(-c3ccc(S(=O)(=O)N4CCCC4)cc3)ccnc2N1. The van der Waals surface area contributed by atoms with Crippen LogP contribution in [0.25, 0.3) is 11.1 Å². The number of rotatable bonds is 6. The number of pyridine rings is 1. The number of aromatic nitrogens is 3. The quantitative estimate of drug-likeness (QED) is 0.615. The van der Waals surface area contributed by atoms with Gasteiger partial charge in [-0.1, -0.05) is 26.0 Å². The van der Waals surface area contributed by atoms with Gasteiger partial charge in [-0.25, -0.2) is 18.4 Å². The number of fused-ring (bicyclic) bond motifs is 1. The lowest BCUT2D eigenvalue weighted by atomic mass is 9.99. The van der Waals surface area contributed by atoms with Crippen molar-refractivity contribution in [1.82, 2.24) is 18.8 Å². The third-order valence-corrected chi connectivity index (χ3v) is 8.31. The minimum atomic E-state index is -3.40. The van der Waals surface area contributed by atoms with Crippen molar-refractivity contribution < 1.29 is 8.42 Å². The van der Waals surface area contributed by atoms with Crippen LogP contribution in [0.3, 0.4) is 0 Å². The van der Waals surface area contributed by atoms with Crippen molar-refractivity contribution in [1.29, 1.82) is 0 Å². The molecule has 0 spiro atoms. The van der Waals surface area contributed by atoms with Gasteiger partial charge in [-0.2, -0.15) is 4.31 Å². The van der Waals surface area contributed by atoms with E-state index in [1.54, 1.807) is 16.4 Å². The highest BCUT2D eigenvalue weighted by Gasteiger charge is 2.28. The summed E-state index contributed by atoms with van der Waals surface area (Å²) in [5, 5.41) is 3.56. The number of hydrogen-bond donors (Lipinski definition) is 1. The van der Waals surface area contributed by atoms with Crippen LogP contribution >= 0.6 is 0 Å². The van der Waals surface area contributed by atoms with Crippen molar-refractivity contribution >= 4 is 15.8 Å². The molecule has 2 aliphatic rings. The average molecular weight is 452 g/mol. The van der Waals surface area contributed by atoms with E-state index >= 15 is 0 Å². The van der Waals surface area contributed by atoms with Crippen molar-refractivity contribution in [3.05, 3.63) is 60.3 Å². The second kappa shape index (κ2) is 8.33. The molecule has 1 atom stereocenters. The van der Waals surface area contributed by atoms with Crippen molar-refractivity contribution in [3.63, 3.8) is 0 Å². The molecule has 4 heterocycles.